The van der Waals surface area contributed by atoms with E-state index < -0.39 is 11.7 Å². The molecule has 0 saturated carbocycles. The molecule has 6 heteroatoms. The van der Waals surface area contributed by atoms with Gasteiger partial charge in [0.15, 0.2) is 0 Å². The Morgan fingerprint density at radius 1 is 1.38 bits per heavy atom. The molecule has 1 aliphatic rings. The SMILES string of the molecule is CN(Cc1cccc(C(F)(F)F)c1)C(=O)C1CCCCN1. The minimum Gasteiger partial charge on any atom is -0.340 e. The topological polar surface area (TPSA) is 32.3 Å². The van der Waals surface area contributed by atoms with Crippen LogP contribution in [0.2, 0.25) is 0 Å². The fourth-order valence-electron chi connectivity index (χ4n) is 2.53. The molecule has 0 aromatic heterocycles. The number of carbonyl (C=O) groups excluding carboxylic acids is 1. The van der Waals surface area contributed by atoms with Gasteiger partial charge in [-0.15, -0.1) is 0 Å². The summed E-state index contributed by atoms with van der Waals surface area (Å²) in [7, 11) is 1.62. The molecule has 21 heavy (non-hydrogen) atoms. The van der Waals surface area contributed by atoms with Crippen LogP contribution in [0.15, 0.2) is 24.3 Å². The highest BCUT2D eigenvalue weighted by atomic mass is 19.4. The third-order valence-electron chi connectivity index (χ3n) is 3.66. The summed E-state index contributed by atoms with van der Waals surface area (Å²) in [6.45, 7) is 0.995. The number of alkyl halides is 3. The number of carbonyl (C=O) groups is 1. The Morgan fingerprint density at radius 2 is 2.14 bits per heavy atom. The lowest BCUT2D eigenvalue weighted by atomic mass is 10.0. The summed E-state index contributed by atoms with van der Waals surface area (Å²) in [6.07, 6.45) is -1.52. The van der Waals surface area contributed by atoms with Crippen LogP contribution in [0.3, 0.4) is 0 Å². The van der Waals surface area contributed by atoms with E-state index in [2.05, 4.69) is 5.32 Å². The second-order valence-electron chi connectivity index (χ2n) is 5.39. The van der Waals surface area contributed by atoms with Crippen molar-refractivity contribution in [3.8, 4) is 0 Å². The molecule has 1 N–H and O–H groups in total. The number of halogens is 3. The summed E-state index contributed by atoms with van der Waals surface area (Å²) in [4.78, 5) is 13.7. The summed E-state index contributed by atoms with van der Waals surface area (Å²) in [6, 6.07) is 4.89. The Balaban J connectivity index is 2.02. The zero-order valence-electron chi connectivity index (χ0n) is 11.9. The predicted octanol–water partition coefficient (Wildman–Crippen LogP) is 2.81. The smallest absolute Gasteiger partial charge is 0.340 e. The van der Waals surface area contributed by atoms with Crippen molar-refractivity contribution in [2.24, 2.45) is 0 Å². The lowest BCUT2D eigenvalue weighted by Gasteiger charge is -2.27. The van der Waals surface area contributed by atoms with Crippen molar-refractivity contribution in [3.05, 3.63) is 35.4 Å². The molecule has 1 amide bonds. The van der Waals surface area contributed by atoms with Crippen LogP contribution in [0.25, 0.3) is 0 Å². The number of nitrogens with zero attached hydrogens (tertiary/aromatic N) is 1. The average Bonchev–Trinajstić information content (AvgIpc) is 2.47. The summed E-state index contributed by atoms with van der Waals surface area (Å²) >= 11 is 0. The molecule has 3 nitrogen and oxygen atoms in total. The highest BCUT2D eigenvalue weighted by Gasteiger charge is 2.30. The Morgan fingerprint density at radius 3 is 2.76 bits per heavy atom. The summed E-state index contributed by atoms with van der Waals surface area (Å²) in [5.74, 6) is -0.0629. The predicted molar refractivity (Wildman–Crippen MR) is 73.6 cm³/mol. The van der Waals surface area contributed by atoms with Gasteiger partial charge in [0.1, 0.15) is 0 Å². The fourth-order valence-corrected chi connectivity index (χ4v) is 2.53. The minimum absolute atomic E-state index is 0.0629. The fraction of sp³-hybridized carbons (Fsp3) is 0.533. The molecule has 1 fully saturated rings. The maximum Gasteiger partial charge on any atom is 0.416 e. The lowest BCUT2D eigenvalue weighted by Crippen LogP contribution is -2.47. The van der Waals surface area contributed by atoms with Crippen molar-refractivity contribution in [1.29, 1.82) is 0 Å². The number of hydrogen-bond acceptors (Lipinski definition) is 2. The maximum atomic E-state index is 12.7. The standard InChI is InChI=1S/C15H19F3N2O/c1-20(14(21)13-7-2-3-8-19-13)10-11-5-4-6-12(9-11)15(16,17)18/h4-6,9,13,19H,2-3,7-8,10H2,1H3. The first kappa shape index (κ1) is 15.8. The monoisotopic (exact) mass is 300 g/mol. The first-order valence-corrected chi connectivity index (χ1v) is 7.02. The molecular weight excluding hydrogens is 281 g/mol. The second kappa shape index (κ2) is 6.47. The summed E-state index contributed by atoms with van der Waals surface area (Å²) < 4.78 is 38.0. The summed E-state index contributed by atoms with van der Waals surface area (Å²) in [5, 5.41) is 3.15. The third-order valence-corrected chi connectivity index (χ3v) is 3.66. The van der Waals surface area contributed by atoms with Crippen LogP contribution >= 0.6 is 0 Å². The van der Waals surface area contributed by atoms with Gasteiger partial charge >= 0.3 is 6.18 Å². The van der Waals surface area contributed by atoms with Crippen LogP contribution in [-0.2, 0) is 17.5 Å². The van der Waals surface area contributed by atoms with Gasteiger partial charge in [0.2, 0.25) is 5.91 Å². The Bertz CT molecular complexity index is 496. The largest absolute Gasteiger partial charge is 0.416 e. The van der Waals surface area contributed by atoms with Crippen LogP contribution in [0.1, 0.15) is 30.4 Å². The molecule has 116 valence electrons. The number of amides is 1. The van der Waals surface area contributed by atoms with Crippen LogP contribution in [0.5, 0.6) is 0 Å². The van der Waals surface area contributed by atoms with E-state index in [-0.39, 0.29) is 18.5 Å². The van der Waals surface area contributed by atoms with Gasteiger partial charge in [-0.3, -0.25) is 4.79 Å². The number of piperidine rings is 1. The van der Waals surface area contributed by atoms with Gasteiger partial charge in [0, 0.05) is 13.6 Å². The van der Waals surface area contributed by atoms with Crippen molar-refractivity contribution in [2.75, 3.05) is 13.6 Å². The van der Waals surface area contributed by atoms with Gasteiger partial charge in [-0.25, -0.2) is 0 Å². The van der Waals surface area contributed by atoms with E-state index in [9.17, 15) is 18.0 Å². The molecule has 0 radical (unpaired) electrons. The highest BCUT2D eigenvalue weighted by molar-refractivity contribution is 5.81. The van der Waals surface area contributed by atoms with E-state index in [1.54, 1.807) is 13.1 Å². The number of likely N-dealkylation sites (N-methyl/N-ethyl adjacent to an activating group) is 1. The molecule has 1 saturated heterocycles. The van der Waals surface area contributed by atoms with Gasteiger partial charge in [0.25, 0.3) is 0 Å². The zero-order valence-corrected chi connectivity index (χ0v) is 11.9. The minimum atomic E-state index is -4.36. The average molecular weight is 300 g/mol. The quantitative estimate of drug-likeness (QED) is 0.931. The normalized spacial score (nSPS) is 19.3. The summed E-state index contributed by atoms with van der Waals surface area (Å²) in [5.41, 5.74) is -0.201. The zero-order chi connectivity index (χ0) is 15.5. The van der Waals surface area contributed by atoms with E-state index in [1.807, 2.05) is 0 Å². The van der Waals surface area contributed by atoms with Crippen molar-refractivity contribution < 1.29 is 18.0 Å². The molecule has 2 rings (SSSR count). The Kier molecular flexibility index (Phi) is 4.88. The van der Waals surface area contributed by atoms with E-state index >= 15 is 0 Å². The molecule has 1 unspecified atom stereocenters. The maximum absolute atomic E-state index is 12.7. The molecule has 0 aliphatic carbocycles. The third kappa shape index (κ3) is 4.20. The molecule has 1 heterocycles. The molecule has 1 atom stereocenters. The van der Waals surface area contributed by atoms with Crippen LogP contribution in [0.4, 0.5) is 13.2 Å². The van der Waals surface area contributed by atoms with Gasteiger partial charge in [-0.1, -0.05) is 18.6 Å². The van der Waals surface area contributed by atoms with Gasteiger partial charge in [-0.2, -0.15) is 13.2 Å². The molecule has 0 spiro atoms. The van der Waals surface area contributed by atoms with Crippen LogP contribution in [0, 0.1) is 0 Å². The number of hydrogen-bond donors (Lipinski definition) is 1. The Labute approximate surface area is 122 Å². The number of benzene rings is 1. The van der Waals surface area contributed by atoms with Crippen molar-refractivity contribution in [2.45, 2.75) is 38.0 Å². The number of nitrogens with one attached hydrogen (secondary N) is 1. The number of rotatable bonds is 3. The highest BCUT2D eigenvalue weighted by Crippen LogP contribution is 2.29. The van der Waals surface area contributed by atoms with Crippen LogP contribution in [-0.4, -0.2) is 30.4 Å². The molecule has 1 aromatic rings. The van der Waals surface area contributed by atoms with E-state index in [1.165, 1.54) is 11.0 Å². The molecule has 1 aliphatic heterocycles. The van der Waals surface area contributed by atoms with Crippen molar-refractivity contribution in [1.82, 2.24) is 10.2 Å². The van der Waals surface area contributed by atoms with E-state index in [0.717, 1.165) is 37.9 Å². The molecule has 1 aromatic carbocycles. The van der Waals surface area contributed by atoms with Gasteiger partial charge in [-0.05, 0) is 37.1 Å². The van der Waals surface area contributed by atoms with E-state index in [4.69, 9.17) is 0 Å². The first-order chi connectivity index (χ1) is 9.88. The van der Waals surface area contributed by atoms with Gasteiger partial charge in [0.05, 0.1) is 11.6 Å². The van der Waals surface area contributed by atoms with Crippen LogP contribution < -0.4 is 5.32 Å². The van der Waals surface area contributed by atoms with E-state index in [0.29, 0.717) is 5.56 Å². The van der Waals surface area contributed by atoms with Gasteiger partial charge < -0.3 is 10.2 Å². The van der Waals surface area contributed by atoms with Crippen molar-refractivity contribution >= 4 is 5.91 Å². The lowest BCUT2D eigenvalue weighted by molar-refractivity contribution is -0.137. The van der Waals surface area contributed by atoms with Crippen molar-refractivity contribution in [3.63, 3.8) is 0 Å². The first-order valence-electron chi connectivity index (χ1n) is 7.02. The Hall–Kier alpha value is -1.56. The second-order valence-corrected chi connectivity index (χ2v) is 5.39. The molecular formula is C15H19F3N2O. The molecule has 0 bridgehead atoms.